The second-order valence-electron chi connectivity index (χ2n) is 13.0. The summed E-state index contributed by atoms with van der Waals surface area (Å²) in [5.41, 5.74) is 3.69. The standard InChI is InChI=1S/C32H49FNO3/c1-31(2,3)26-13-16-30(29(21-26)32(4,5)6)37-20-19-36-24-28(35)23-34(17-9-7-8-10-18-34)22-25-11-14-27(33)15-12-25/h11-16,21,28,35H,7-10,17-20,22-24H2,1-6H3/q+1/t28-/m1/s1. The number of hydrogen-bond donors (Lipinski definition) is 1. The van der Waals surface area contributed by atoms with E-state index >= 15 is 0 Å². The molecule has 0 aromatic heterocycles. The van der Waals surface area contributed by atoms with Gasteiger partial charge in [0, 0.05) is 5.56 Å². The van der Waals surface area contributed by atoms with Crippen LogP contribution in [0.5, 0.6) is 5.75 Å². The average Bonchev–Trinajstić information content (AvgIpc) is 3.04. The minimum atomic E-state index is -0.547. The normalized spacial score (nSPS) is 17.3. The van der Waals surface area contributed by atoms with Crippen LogP contribution >= 0.6 is 0 Å². The molecule has 0 radical (unpaired) electrons. The molecule has 1 aliphatic heterocycles. The molecule has 1 atom stereocenters. The van der Waals surface area contributed by atoms with Gasteiger partial charge in [-0.05, 0) is 65.8 Å². The first kappa shape index (κ1) is 29.6. The molecule has 0 amide bonds. The number of nitrogens with zero attached hydrogens (tertiary/aromatic N) is 1. The summed E-state index contributed by atoms with van der Waals surface area (Å²) in [6.07, 6.45) is 4.25. The Bertz CT molecular complexity index is 967. The van der Waals surface area contributed by atoms with E-state index < -0.39 is 6.10 Å². The molecule has 5 heteroatoms. The maximum absolute atomic E-state index is 13.4. The summed E-state index contributed by atoms with van der Waals surface area (Å²) in [5.74, 6) is 0.694. The summed E-state index contributed by atoms with van der Waals surface area (Å²) >= 11 is 0. The van der Waals surface area contributed by atoms with Gasteiger partial charge in [0.2, 0.25) is 0 Å². The van der Waals surface area contributed by atoms with Crippen molar-refractivity contribution in [1.82, 2.24) is 0 Å². The number of likely N-dealkylation sites (tertiary alicyclic amines) is 1. The van der Waals surface area contributed by atoms with Gasteiger partial charge in [0.25, 0.3) is 0 Å². The van der Waals surface area contributed by atoms with Crippen LogP contribution in [0.25, 0.3) is 0 Å². The SMILES string of the molecule is CC(C)(C)c1ccc(OCCOC[C@H](O)C[N+]2(Cc3ccc(F)cc3)CCCCCC2)c(C(C)(C)C)c1. The Morgan fingerprint density at radius 3 is 2.11 bits per heavy atom. The lowest BCUT2D eigenvalue weighted by Gasteiger charge is -2.39. The number of quaternary nitrogens is 1. The first-order valence-electron chi connectivity index (χ1n) is 14.0. The monoisotopic (exact) mass is 514 g/mol. The van der Waals surface area contributed by atoms with Crippen molar-refractivity contribution < 1.29 is 23.5 Å². The molecule has 1 fully saturated rings. The molecule has 0 unspecified atom stereocenters. The number of aliphatic hydroxyl groups is 1. The lowest BCUT2D eigenvalue weighted by molar-refractivity contribution is -0.943. The Morgan fingerprint density at radius 2 is 1.51 bits per heavy atom. The smallest absolute Gasteiger partial charge is 0.126 e. The average molecular weight is 515 g/mol. The van der Waals surface area contributed by atoms with E-state index in [0.717, 1.165) is 48.3 Å². The molecule has 1 aliphatic rings. The third-order valence-corrected chi connectivity index (χ3v) is 7.49. The number of rotatable bonds is 10. The van der Waals surface area contributed by atoms with Crippen molar-refractivity contribution in [2.45, 2.75) is 90.7 Å². The van der Waals surface area contributed by atoms with Crippen LogP contribution in [0.2, 0.25) is 0 Å². The van der Waals surface area contributed by atoms with Gasteiger partial charge < -0.3 is 19.1 Å². The van der Waals surface area contributed by atoms with Gasteiger partial charge in [-0.25, -0.2) is 4.39 Å². The van der Waals surface area contributed by atoms with Crippen molar-refractivity contribution in [2.24, 2.45) is 0 Å². The molecular formula is C32H49FNO3+. The summed E-state index contributed by atoms with van der Waals surface area (Å²) in [7, 11) is 0. The van der Waals surface area contributed by atoms with Crippen LogP contribution in [0.4, 0.5) is 4.39 Å². The third-order valence-electron chi connectivity index (χ3n) is 7.49. The molecule has 0 saturated carbocycles. The minimum Gasteiger partial charge on any atom is -0.491 e. The van der Waals surface area contributed by atoms with E-state index in [2.05, 4.69) is 59.7 Å². The third kappa shape index (κ3) is 9.08. The van der Waals surface area contributed by atoms with E-state index in [0.29, 0.717) is 26.4 Å². The van der Waals surface area contributed by atoms with Gasteiger partial charge in [0.15, 0.2) is 0 Å². The van der Waals surface area contributed by atoms with Crippen molar-refractivity contribution in [3.05, 3.63) is 65.0 Å². The fourth-order valence-corrected chi connectivity index (χ4v) is 5.38. The van der Waals surface area contributed by atoms with Gasteiger partial charge in [0.05, 0.1) is 26.3 Å². The van der Waals surface area contributed by atoms with Crippen molar-refractivity contribution in [3.8, 4) is 5.75 Å². The van der Waals surface area contributed by atoms with E-state index in [-0.39, 0.29) is 16.6 Å². The zero-order valence-corrected chi connectivity index (χ0v) is 24.0. The summed E-state index contributed by atoms with van der Waals surface area (Å²) in [6, 6.07) is 13.3. The van der Waals surface area contributed by atoms with Crippen molar-refractivity contribution in [1.29, 1.82) is 0 Å². The van der Waals surface area contributed by atoms with E-state index in [4.69, 9.17) is 9.47 Å². The van der Waals surface area contributed by atoms with Gasteiger partial charge in [-0.1, -0.05) is 65.8 Å². The molecule has 2 aromatic carbocycles. The molecule has 0 bridgehead atoms. The number of aliphatic hydroxyl groups excluding tert-OH is 1. The lowest BCUT2D eigenvalue weighted by atomic mass is 9.80. The Kier molecular flexibility index (Phi) is 10.2. The number of benzene rings is 2. The quantitative estimate of drug-likeness (QED) is 0.281. The van der Waals surface area contributed by atoms with Crippen LogP contribution in [0.15, 0.2) is 42.5 Å². The highest BCUT2D eigenvalue weighted by Crippen LogP contribution is 2.35. The summed E-state index contributed by atoms with van der Waals surface area (Å²) in [5, 5.41) is 10.9. The Balaban J connectivity index is 1.53. The van der Waals surface area contributed by atoms with Gasteiger partial charge in [-0.2, -0.15) is 0 Å². The molecule has 0 aliphatic carbocycles. The molecule has 37 heavy (non-hydrogen) atoms. The van der Waals surface area contributed by atoms with Crippen LogP contribution in [-0.2, 0) is 22.1 Å². The molecule has 1 N–H and O–H groups in total. The molecule has 2 aromatic rings. The fourth-order valence-electron chi connectivity index (χ4n) is 5.38. The van der Waals surface area contributed by atoms with Crippen molar-refractivity contribution in [2.75, 3.05) is 39.5 Å². The number of halogens is 1. The summed E-state index contributed by atoms with van der Waals surface area (Å²) < 4.78 is 26.3. The van der Waals surface area contributed by atoms with E-state index in [9.17, 15) is 9.50 Å². The van der Waals surface area contributed by atoms with E-state index in [1.807, 2.05) is 12.1 Å². The first-order valence-corrected chi connectivity index (χ1v) is 14.0. The van der Waals surface area contributed by atoms with Gasteiger partial charge in [0.1, 0.15) is 37.4 Å². The van der Waals surface area contributed by atoms with Gasteiger partial charge in [-0.3, -0.25) is 0 Å². The van der Waals surface area contributed by atoms with Crippen LogP contribution in [0, 0.1) is 5.82 Å². The molecule has 1 heterocycles. The second-order valence-corrected chi connectivity index (χ2v) is 13.0. The number of ether oxygens (including phenoxy) is 2. The van der Waals surface area contributed by atoms with Gasteiger partial charge in [-0.15, -0.1) is 0 Å². The highest BCUT2D eigenvalue weighted by molar-refractivity contribution is 5.43. The van der Waals surface area contributed by atoms with Crippen molar-refractivity contribution in [3.63, 3.8) is 0 Å². The highest BCUT2D eigenvalue weighted by atomic mass is 19.1. The fraction of sp³-hybridized carbons (Fsp3) is 0.625. The molecule has 3 rings (SSSR count). The maximum Gasteiger partial charge on any atom is 0.126 e. The molecule has 1 saturated heterocycles. The Hall–Kier alpha value is -1.95. The predicted molar refractivity (Wildman–Crippen MR) is 150 cm³/mol. The predicted octanol–water partition coefficient (Wildman–Crippen LogP) is 6.77. The topological polar surface area (TPSA) is 38.7 Å². The summed E-state index contributed by atoms with van der Waals surface area (Å²) in [4.78, 5) is 0. The lowest BCUT2D eigenvalue weighted by Crippen LogP contribution is -2.53. The molecule has 0 spiro atoms. The maximum atomic E-state index is 13.4. The molecule has 206 valence electrons. The highest BCUT2D eigenvalue weighted by Gasteiger charge is 2.32. The summed E-state index contributed by atoms with van der Waals surface area (Å²) in [6.45, 7) is 18.0. The van der Waals surface area contributed by atoms with E-state index in [1.54, 1.807) is 0 Å². The molecular weight excluding hydrogens is 465 g/mol. The first-order chi connectivity index (χ1) is 17.4. The van der Waals surface area contributed by atoms with Crippen LogP contribution in [0.1, 0.15) is 83.9 Å². The zero-order chi connectivity index (χ0) is 27.1. The van der Waals surface area contributed by atoms with Gasteiger partial charge >= 0.3 is 0 Å². The Morgan fingerprint density at radius 1 is 0.865 bits per heavy atom. The van der Waals surface area contributed by atoms with E-state index in [1.165, 1.54) is 36.1 Å². The molecule has 4 nitrogen and oxygen atoms in total. The van der Waals surface area contributed by atoms with Crippen LogP contribution in [-0.4, -0.2) is 55.1 Å². The van der Waals surface area contributed by atoms with Crippen molar-refractivity contribution >= 4 is 0 Å². The van der Waals surface area contributed by atoms with Crippen LogP contribution < -0.4 is 4.74 Å². The second kappa shape index (κ2) is 12.7. The minimum absolute atomic E-state index is 0.0247. The Labute approximate surface area is 224 Å². The number of hydrogen-bond acceptors (Lipinski definition) is 3. The largest absolute Gasteiger partial charge is 0.491 e. The zero-order valence-electron chi connectivity index (χ0n) is 24.0. The van der Waals surface area contributed by atoms with Crippen LogP contribution in [0.3, 0.4) is 0 Å².